The lowest BCUT2D eigenvalue weighted by molar-refractivity contribution is -0.118. The Morgan fingerprint density at radius 2 is 1.86 bits per heavy atom. The van der Waals surface area contributed by atoms with E-state index < -0.39 is 10.0 Å². The maximum absolute atomic E-state index is 13.6. The number of sulfonamides is 1. The van der Waals surface area contributed by atoms with Gasteiger partial charge in [-0.2, -0.15) is 9.41 Å². The zero-order chi connectivity index (χ0) is 26.6. The van der Waals surface area contributed by atoms with Gasteiger partial charge in [0.1, 0.15) is 11.4 Å². The molecule has 2 heterocycles. The van der Waals surface area contributed by atoms with Gasteiger partial charge in [-0.15, -0.1) is 0 Å². The predicted molar refractivity (Wildman–Crippen MR) is 143 cm³/mol. The second kappa shape index (κ2) is 11.8. The maximum Gasteiger partial charge on any atom is 0.276 e. The Balaban J connectivity index is 1.63. The molecule has 1 saturated heterocycles. The number of hydrogen-bond donors (Lipinski definition) is 2. The average Bonchev–Trinajstić information content (AvgIpc) is 3.42. The van der Waals surface area contributed by atoms with Gasteiger partial charge in [0.2, 0.25) is 10.0 Å². The number of carbonyl (C=O) groups excluding carboxylic acids is 1. The Hall–Kier alpha value is -2.63. The molecule has 3 N–H and O–H groups in total. The van der Waals surface area contributed by atoms with Crippen LogP contribution in [0.4, 0.5) is 0 Å². The van der Waals surface area contributed by atoms with Crippen LogP contribution >= 0.6 is 0 Å². The molecule has 4 rings (SSSR count). The monoisotopic (exact) mass is 532 g/mol. The van der Waals surface area contributed by atoms with E-state index in [1.54, 1.807) is 34.4 Å². The van der Waals surface area contributed by atoms with Gasteiger partial charge in [-0.05, 0) is 51.3 Å². The van der Waals surface area contributed by atoms with E-state index in [1.165, 1.54) is 25.7 Å². The molecule has 2 aliphatic heterocycles. The van der Waals surface area contributed by atoms with Crippen LogP contribution in [0.15, 0.2) is 39.6 Å². The molecule has 11 heteroatoms. The van der Waals surface area contributed by atoms with Crippen LogP contribution in [0, 0.1) is 0 Å². The molecule has 204 valence electrons. The molecule has 1 aliphatic carbocycles. The third-order valence-corrected chi connectivity index (χ3v) is 9.18. The molecule has 37 heavy (non-hydrogen) atoms. The summed E-state index contributed by atoms with van der Waals surface area (Å²) in [4.78, 5) is 15.6. The van der Waals surface area contributed by atoms with Crippen molar-refractivity contribution in [3.05, 3.63) is 35.2 Å². The largest absolute Gasteiger partial charge is 0.493 e. The third-order valence-electron chi connectivity index (χ3n) is 7.28. The molecule has 0 aromatic heterocycles. The second-order valence-electron chi connectivity index (χ2n) is 9.88. The van der Waals surface area contributed by atoms with Gasteiger partial charge in [-0.1, -0.05) is 26.2 Å². The molecule has 1 amide bonds. The number of nitrogens with zero attached hydrogens (tertiary/aromatic N) is 4. The Kier molecular flexibility index (Phi) is 8.76. The molecular formula is C26H40N6O4S. The molecule has 10 nitrogen and oxygen atoms in total. The van der Waals surface area contributed by atoms with Gasteiger partial charge in [0.15, 0.2) is 5.84 Å². The van der Waals surface area contributed by atoms with E-state index in [0.717, 1.165) is 25.9 Å². The number of nitrogens with two attached hydrogens (primary N) is 1. The molecule has 0 spiro atoms. The van der Waals surface area contributed by atoms with Crippen molar-refractivity contribution in [1.29, 1.82) is 0 Å². The molecule has 0 unspecified atom stereocenters. The van der Waals surface area contributed by atoms with E-state index in [4.69, 9.17) is 10.5 Å². The Labute approximate surface area is 220 Å². The number of unbranched alkanes of at least 4 members (excludes halogenated alkanes) is 1. The van der Waals surface area contributed by atoms with Crippen molar-refractivity contribution >= 4 is 21.8 Å². The summed E-state index contributed by atoms with van der Waals surface area (Å²) in [5.41, 5.74) is 7.09. The molecular weight excluding hydrogens is 492 g/mol. The van der Waals surface area contributed by atoms with E-state index in [-0.39, 0.29) is 16.6 Å². The van der Waals surface area contributed by atoms with E-state index >= 15 is 0 Å². The smallest absolute Gasteiger partial charge is 0.276 e. The lowest BCUT2D eigenvalue weighted by Gasteiger charge is -2.37. The summed E-state index contributed by atoms with van der Waals surface area (Å²) < 4.78 is 34.6. The van der Waals surface area contributed by atoms with Crippen LogP contribution in [0.3, 0.4) is 0 Å². The van der Waals surface area contributed by atoms with Gasteiger partial charge in [0, 0.05) is 44.5 Å². The summed E-state index contributed by atoms with van der Waals surface area (Å²) in [6.07, 6.45) is 6.68. The van der Waals surface area contributed by atoms with Crippen LogP contribution in [0.5, 0.6) is 5.75 Å². The van der Waals surface area contributed by atoms with Gasteiger partial charge in [0.05, 0.1) is 17.1 Å². The van der Waals surface area contributed by atoms with E-state index in [2.05, 4.69) is 22.2 Å². The molecule has 1 aromatic carbocycles. The summed E-state index contributed by atoms with van der Waals surface area (Å²) in [7, 11) is -3.73. The summed E-state index contributed by atoms with van der Waals surface area (Å²) >= 11 is 0. The minimum atomic E-state index is -3.73. The molecule has 1 aromatic rings. The van der Waals surface area contributed by atoms with Gasteiger partial charge >= 0.3 is 0 Å². The van der Waals surface area contributed by atoms with Crippen molar-refractivity contribution in [2.45, 2.75) is 70.2 Å². The van der Waals surface area contributed by atoms with E-state index in [0.29, 0.717) is 55.0 Å². The van der Waals surface area contributed by atoms with Crippen molar-refractivity contribution in [2.24, 2.45) is 10.8 Å². The van der Waals surface area contributed by atoms with Crippen molar-refractivity contribution in [3.8, 4) is 5.75 Å². The molecule has 3 aliphatic rings. The molecule has 0 radical (unpaired) electrons. The number of benzene rings is 1. The maximum atomic E-state index is 13.6. The average molecular weight is 533 g/mol. The van der Waals surface area contributed by atoms with Gasteiger partial charge in [-0.3, -0.25) is 14.7 Å². The molecule has 0 bridgehead atoms. The summed E-state index contributed by atoms with van der Waals surface area (Å²) in [5.74, 6) is 0.330. The molecule has 1 saturated carbocycles. The zero-order valence-electron chi connectivity index (χ0n) is 22.2. The highest BCUT2D eigenvalue weighted by Crippen LogP contribution is 2.29. The van der Waals surface area contributed by atoms with Crippen molar-refractivity contribution in [1.82, 2.24) is 19.5 Å². The van der Waals surface area contributed by atoms with Crippen LogP contribution < -0.4 is 15.8 Å². The first-order chi connectivity index (χ1) is 17.8. The topological polar surface area (TPSA) is 121 Å². The Morgan fingerprint density at radius 1 is 1.16 bits per heavy atom. The number of hydrogen-bond acceptors (Lipinski definition) is 8. The zero-order valence-corrected chi connectivity index (χ0v) is 23.0. The van der Waals surface area contributed by atoms with Crippen LogP contribution in [0.25, 0.3) is 0 Å². The Bertz CT molecular complexity index is 1150. The highest BCUT2D eigenvalue weighted by Gasteiger charge is 2.34. The number of amidine groups is 1. The predicted octanol–water partition coefficient (Wildman–Crippen LogP) is 2.42. The first kappa shape index (κ1) is 27.4. The van der Waals surface area contributed by atoms with Crippen LogP contribution in [0.1, 0.15) is 64.9 Å². The van der Waals surface area contributed by atoms with Crippen molar-refractivity contribution < 1.29 is 17.9 Å². The minimum Gasteiger partial charge on any atom is -0.493 e. The lowest BCUT2D eigenvalue weighted by atomic mass is 10.1. The van der Waals surface area contributed by atoms with Crippen LogP contribution in [0.2, 0.25) is 0 Å². The summed E-state index contributed by atoms with van der Waals surface area (Å²) in [6, 6.07) is 5.36. The Morgan fingerprint density at radius 3 is 2.49 bits per heavy atom. The number of piperazine rings is 1. The highest BCUT2D eigenvalue weighted by molar-refractivity contribution is 7.89. The second-order valence-corrected chi connectivity index (χ2v) is 11.8. The van der Waals surface area contributed by atoms with Gasteiger partial charge in [-0.25, -0.2) is 8.42 Å². The quantitative estimate of drug-likeness (QED) is 0.469. The third kappa shape index (κ3) is 5.94. The van der Waals surface area contributed by atoms with E-state index in [1.807, 2.05) is 6.92 Å². The first-order valence-corrected chi connectivity index (χ1v) is 14.9. The van der Waals surface area contributed by atoms with Crippen LogP contribution in [-0.2, 0) is 14.8 Å². The number of nitrogens with one attached hydrogen (secondary N) is 1. The number of hydrazone groups is 1. The van der Waals surface area contributed by atoms with Crippen molar-refractivity contribution in [2.75, 3.05) is 39.3 Å². The molecule has 0 atom stereocenters. The lowest BCUT2D eigenvalue weighted by Crippen LogP contribution is -2.51. The number of ether oxygens (including phenoxy) is 1. The highest BCUT2D eigenvalue weighted by atomic mass is 32.2. The van der Waals surface area contributed by atoms with Crippen molar-refractivity contribution in [3.63, 3.8) is 0 Å². The van der Waals surface area contributed by atoms with E-state index in [9.17, 15) is 13.2 Å². The standard InChI is InChI=1S/C26H40N6O4S/c1-4-6-13-32-24(19(3)27)26(33)28-25(29-32)22-18-21(11-12-23(22)36-5-2)37(34,35)31-16-14-30(15-17-31)20-9-7-8-10-20/h11-12,18,20H,4-10,13-17,27H2,1-3H3,(H,28,29,33)/b24-19-. The number of amides is 1. The SMILES string of the molecule is CCCCN1N=C(c2cc(S(=O)(=O)N3CCN(C4CCCC4)CC3)ccc2OCC)NC(=O)/C1=C(\C)N. The molecule has 2 fully saturated rings. The van der Waals surface area contributed by atoms with Crippen LogP contribution in [-0.4, -0.2) is 79.7 Å². The fourth-order valence-electron chi connectivity index (χ4n) is 5.32. The number of rotatable bonds is 9. The first-order valence-electron chi connectivity index (χ1n) is 13.4. The number of allylic oxidation sites excluding steroid dienone is 1. The fourth-order valence-corrected chi connectivity index (χ4v) is 6.77. The summed E-state index contributed by atoms with van der Waals surface area (Å²) in [5, 5.41) is 9.06. The van der Waals surface area contributed by atoms with Gasteiger partial charge < -0.3 is 15.8 Å². The summed E-state index contributed by atoms with van der Waals surface area (Å²) in [6.45, 7) is 8.91. The normalized spacial score (nSPS) is 21.6. The minimum absolute atomic E-state index is 0.161. The van der Waals surface area contributed by atoms with Gasteiger partial charge in [0.25, 0.3) is 5.91 Å². The number of carbonyl (C=O) groups is 1. The fraction of sp³-hybridized carbons (Fsp3) is 0.615.